The largest absolute Gasteiger partial charge is 0.274 e. The Hall–Kier alpha value is -3.36. The van der Waals surface area contributed by atoms with Gasteiger partial charge in [0.2, 0.25) is 0 Å². The monoisotopic (exact) mass is 1260 g/mol. The maximum Gasteiger partial charge on any atom is 0.263 e. The summed E-state index contributed by atoms with van der Waals surface area (Å²) in [6, 6.07) is 18.6. The second kappa shape index (κ2) is 32.7. The molecule has 84 heavy (non-hydrogen) atoms. The van der Waals surface area contributed by atoms with Crippen molar-refractivity contribution in [1.82, 2.24) is 14.9 Å². The van der Waals surface area contributed by atoms with Gasteiger partial charge in [-0.2, -0.15) is 0 Å². The van der Waals surface area contributed by atoms with Crippen LogP contribution in [0.4, 0.5) is 0 Å². The molecule has 1 aliphatic rings. The van der Waals surface area contributed by atoms with Gasteiger partial charge in [0.25, 0.3) is 11.8 Å². The molecule has 7 aromatic heterocycles. The summed E-state index contributed by atoms with van der Waals surface area (Å²) in [6.45, 7) is 18.4. The number of hydrogen-bond acceptors (Lipinski definition) is 11. The van der Waals surface area contributed by atoms with Crippen LogP contribution in [-0.2, 0) is 12.8 Å². The number of aromatic nitrogens is 2. The number of carbonyl (C=O) groups excluding carboxylic acids is 2. The van der Waals surface area contributed by atoms with Crippen molar-refractivity contribution in [2.45, 2.75) is 248 Å². The van der Waals surface area contributed by atoms with E-state index in [1.54, 1.807) is 27.6 Å². The summed E-state index contributed by atoms with van der Waals surface area (Å²) in [6.07, 6.45) is 38.6. The smallest absolute Gasteiger partial charge is 0.263 e. The predicted octanol–water partition coefficient (Wildman–Crippen LogP) is 25.7. The van der Waals surface area contributed by atoms with Crippen molar-refractivity contribution in [1.29, 1.82) is 0 Å². The third-order valence-corrected chi connectivity index (χ3v) is 25.9. The van der Waals surface area contributed by atoms with E-state index < -0.39 is 0 Å². The van der Waals surface area contributed by atoms with Crippen LogP contribution in [0.5, 0.6) is 0 Å². The fourth-order valence-electron chi connectivity index (χ4n) is 12.9. The zero-order chi connectivity index (χ0) is 59.0. The first kappa shape index (κ1) is 65.1. The molecular formula is C72H97N3O2S7. The number of fused-ring (bicyclic) bond motifs is 3. The van der Waals surface area contributed by atoms with Gasteiger partial charge in [0.1, 0.15) is 10.0 Å². The average Bonchev–Trinajstić information content (AvgIpc) is 1.89. The van der Waals surface area contributed by atoms with Crippen molar-refractivity contribution in [3.63, 3.8) is 0 Å². The van der Waals surface area contributed by atoms with Crippen LogP contribution in [0, 0.1) is 31.6 Å². The van der Waals surface area contributed by atoms with Gasteiger partial charge >= 0.3 is 0 Å². The zero-order valence-corrected chi connectivity index (χ0v) is 58.0. The highest BCUT2D eigenvalue weighted by Crippen LogP contribution is 2.54. The highest BCUT2D eigenvalue weighted by atomic mass is 32.1. The maximum absolute atomic E-state index is 14.6. The Morgan fingerprint density at radius 1 is 0.393 bits per heavy atom. The third-order valence-electron chi connectivity index (χ3n) is 17.8. The van der Waals surface area contributed by atoms with Gasteiger partial charge in [0.15, 0.2) is 0 Å². The molecule has 12 heteroatoms. The fourth-order valence-corrected chi connectivity index (χ4v) is 20.8. The number of hydrogen-bond donors (Lipinski definition) is 0. The number of aryl methyl sites for hydroxylation is 2. The van der Waals surface area contributed by atoms with E-state index in [2.05, 4.69) is 97.0 Å². The summed E-state index contributed by atoms with van der Waals surface area (Å²) in [5.74, 6) is 1.51. The van der Waals surface area contributed by atoms with Crippen molar-refractivity contribution in [2.24, 2.45) is 17.8 Å². The number of nitrogens with zero attached hydrogens (tertiary/aromatic N) is 3. The first-order valence-corrected chi connectivity index (χ1v) is 38.9. The lowest BCUT2D eigenvalue weighted by atomic mass is 9.91. The molecule has 0 bridgehead atoms. The van der Waals surface area contributed by atoms with Crippen molar-refractivity contribution >= 4 is 112 Å². The normalized spacial score (nSPS) is 13.9. The molecular weight excluding hydrogens is 1160 g/mol. The maximum atomic E-state index is 14.6. The van der Waals surface area contributed by atoms with E-state index in [0.717, 1.165) is 96.5 Å². The van der Waals surface area contributed by atoms with Crippen LogP contribution in [0.3, 0.4) is 0 Å². The number of unbranched alkanes of at least 4 members (excludes halogenated alkanes) is 17. The third kappa shape index (κ3) is 16.3. The highest BCUT2D eigenvalue weighted by molar-refractivity contribution is 7.29. The summed E-state index contributed by atoms with van der Waals surface area (Å²) in [5.41, 5.74) is 5.65. The molecule has 3 atom stereocenters. The molecule has 0 aliphatic carbocycles. The van der Waals surface area contributed by atoms with E-state index >= 15 is 0 Å². The number of imide groups is 1. The lowest BCUT2D eigenvalue weighted by Gasteiger charge is -2.21. The van der Waals surface area contributed by atoms with Gasteiger partial charge < -0.3 is 0 Å². The topological polar surface area (TPSA) is 63.2 Å². The summed E-state index contributed by atoms with van der Waals surface area (Å²) < 4.78 is 2.36. The molecule has 0 saturated carbocycles. The lowest BCUT2D eigenvalue weighted by molar-refractivity contribution is 0.0624. The lowest BCUT2D eigenvalue weighted by Crippen LogP contribution is -2.34. The number of benzene rings is 1. The van der Waals surface area contributed by atoms with Gasteiger partial charge in [-0.1, -0.05) is 215 Å². The van der Waals surface area contributed by atoms with Crippen molar-refractivity contribution in [3.05, 3.63) is 79.2 Å². The van der Waals surface area contributed by atoms with Gasteiger partial charge in [-0.25, -0.2) is 9.97 Å². The summed E-state index contributed by atoms with van der Waals surface area (Å²) in [4.78, 5) is 53.9. The molecule has 9 rings (SSSR count). The zero-order valence-electron chi connectivity index (χ0n) is 52.3. The SMILES string of the molecule is CCCCCCCCC(CCCCCC)Cc1ccc(-c2nc3c(-c4ccc(-c5sc(C)c6c5C(=O)N(CC(CC)CCCC)C6=O)s4)c4sc(-c5ccc(CC(CCCCCC)CCCCCCCC)s5)nc4c(-c4ccc(C)s4)c3s2)s1. The van der Waals surface area contributed by atoms with E-state index in [1.165, 1.54) is 198 Å². The number of carbonyl (C=O) groups is 2. The van der Waals surface area contributed by atoms with Crippen molar-refractivity contribution < 1.29 is 9.59 Å². The van der Waals surface area contributed by atoms with Crippen molar-refractivity contribution in [3.8, 4) is 50.4 Å². The minimum atomic E-state index is -0.128. The highest BCUT2D eigenvalue weighted by Gasteiger charge is 2.42. The van der Waals surface area contributed by atoms with Crippen LogP contribution in [0.2, 0.25) is 0 Å². The summed E-state index contributed by atoms with van der Waals surface area (Å²) in [7, 11) is 0. The summed E-state index contributed by atoms with van der Waals surface area (Å²) in [5, 5.41) is 2.16. The molecule has 1 aromatic carbocycles. The van der Waals surface area contributed by atoms with Crippen molar-refractivity contribution in [2.75, 3.05) is 6.54 Å². The van der Waals surface area contributed by atoms with E-state index in [0.29, 0.717) is 23.6 Å². The quantitative estimate of drug-likeness (QED) is 0.0284. The molecule has 0 spiro atoms. The standard InChI is InChI=1S/C72H97N3O2S7/c1-9-15-20-24-26-30-35-51(33-28-22-17-11-3)45-53-38-41-58(80-53)69-73-64-61(55-40-37-48(7)78-55)67-65(74-70(83-67)59-42-39-54(81-59)46-52(34-29-23-18-12-4)36-31-27-25-21-16-10-2)62(68(64)84-69)56-43-44-57(82-56)66-63-60(49(8)79-66)71(76)75(72(63)77)47-50(14-6)32-19-13-5/h37-44,50-52H,9-36,45-47H2,1-8H3. The Balaban J connectivity index is 1.11. The molecule has 1 aliphatic heterocycles. The van der Waals surface area contributed by atoms with E-state index in [-0.39, 0.29) is 11.8 Å². The minimum absolute atomic E-state index is 0.120. The van der Waals surface area contributed by atoms with Gasteiger partial charge in [-0.3, -0.25) is 14.5 Å². The van der Waals surface area contributed by atoms with Gasteiger partial charge in [-0.15, -0.1) is 79.4 Å². The van der Waals surface area contributed by atoms with E-state index in [1.807, 2.05) is 63.6 Å². The van der Waals surface area contributed by atoms with E-state index in [9.17, 15) is 9.59 Å². The molecule has 3 unspecified atom stereocenters. The number of thiophene rings is 5. The van der Waals surface area contributed by atoms with Crippen LogP contribution in [-0.4, -0.2) is 33.2 Å². The van der Waals surface area contributed by atoms with Crippen LogP contribution in [0.15, 0.2) is 48.5 Å². The fraction of sp³-hybridized carbons (Fsp3) is 0.583. The van der Waals surface area contributed by atoms with Crippen LogP contribution in [0.1, 0.15) is 262 Å². The Bertz CT molecular complexity index is 3210. The number of rotatable bonds is 39. The molecule has 0 saturated heterocycles. The first-order chi connectivity index (χ1) is 41.1. The van der Waals surface area contributed by atoms with Crippen LogP contribution in [0.25, 0.3) is 70.8 Å². The average molecular weight is 1260 g/mol. The summed E-state index contributed by atoms with van der Waals surface area (Å²) >= 11 is 12.8. The Morgan fingerprint density at radius 3 is 1.29 bits per heavy atom. The molecule has 0 radical (unpaired) electrons. The molecule has 8 aromatic rings. The molecule has 454 valence electrons. The second-order valence-corrected chi connectivity index (χ2v) is 32.5. The van der Waals surface area contributed by atoms with Crippen LogP contribution >= 0.6 is 79.4 Å². The Morgan fingerprint density at radius 2 is 0.810 bits per heavy atom. The first-order valence-electron chi connectivity index (χ1n) is 33.2. The predicted molar refractivity (Wildman–Crippen MR) is 375 cm³/mol. The minimum Gasteiger partial charge on any atom is -0.274 e. The molecule has 0 fully saturated rings. The van der Waals surface area contributed by atoms with Gasteiger partial charge in [-0.05, 0) is 99.4 Å². The Labute approximate surface area is 533 Å². The number of thiazole rings is 2. The molecule has 5 nitrogen and oxygen atoms in total. The molecule has 2 amide bonds. The van der Waals surface area contributed by atoms with Crippen LogP contribution < -0.4 is 0 Å². The van der Waals surface area contributed by atoms with Gasteiger partial charge in [0.05, 0.1) is 46.2 Å². The molecule has 8 heterocycles. The number of amides is 2. The second-order valence-electron chi connectivity index (χ2n) is 24.6. The van der Waals surface area contributed by atoms with E-state index in [4.69, 9.17) is 9.97 Å². The Kier molecular flexibility index (Phi) is 25.4. The molecule has 0 N–H and O–H groups in total. The van der Waals surface area contributed by atoms with Gasteiger partial charge in [0, 0.05) is 51.8 Å².